The number of hydrogen-bond donors (Lipinski definition) is 2. The minimum Gasteiger partial charge on any atom is -0.378 e. The summed E-state index contributed by atoms with van der Waals surface area (Å²) in [6, 6.07) is 0.289. The lowest BCUT2D eigenvalue weighted by molar-refractivity contribution is -0.124. The molecule has 0 bridgehead atoms. The van der Waals surface area contributed by atoms with Crippen molar-refractivity contribution in [1.82, 2.24) is 19.9 Å². The van der Waals surface area contributed by atoms with Gasteiger partial charge in [-0.2, -0.15) is 4.98 Å². The zero-order valence-electron chi connectivity index (χ0n) is 16.1. The molecule has 10 heteroatoms. The van der Waals surface area contributed by atoms with Gasteiger partial charge in [0.1, 0.15) is 5.82 Å². The molecular weight excluding hydrogens is 372 g/mol. The third-order valence-corrected chi connectivity index (χ3v) is 6.04. The number of anilines is 3. The van der Waals surface area contributed by atoms with Gasteiger partial charge in [-0.1, -0.05) is 0 Å². The normalized spacial score (nSPS) is 23.6. The highest BCUT2D eigenvalue weighted by atomic mass is 16.5. The molecule has 1 amide bonds. The van der Waals surface area contributed by atoms with Crippen molar-refractivity contribution in [3.8, 4) is 11.3 Å². The highest BCUT2D eigenvalue weighted by Crippen LogP contribution is 2.41. The second kappa shape index (κ2) is 7.11. The number of carbonyl (C=O) groups excluding carboxylic acids is 1. The molecule has 2 aliphatic heterocycles. The third-order valence-electron chi connectivity index (χ3n) is 6.04. The topological polar surface area (TPSA) is 136 Å². The molecule has 0 spiro atoms. The summed E-state index contributed by atoms with van der Waals surface area (Å²) >= 11 is 0. The van der Waals surface area contributed by atoms with E-state index in [0.29, 0.717) is 19.2 Å². The molecule has 4 heterocycles. The highest BCUT2D eigenvalue weighted by molar-refractivity contribution is 5.78. The van der Waals surface area contributed by atoms with Gasteiger partial charge in [-0.15, -0.1) is 0 Å². The number of primary amides is 1. The van der Waals surface area contributed by atoms with Gasteiger partial charge in [-0.25, -0.2) is 15.0 Å². The summed E-state index contributed by atoms with van der Waals surface area (Å²) in [5.41, 5.74) is 13.9. The first-order valence-corrected chi connectivity index (χ1v) is 9.97. The second-order valence-corrected chi connectivity index (χ2v) is 7.77. The zero-order valence-corrected chi connectivity index (χ0v) is 16.1. The Hall–Kier alpha value is -3.01. The average molecular weight is 396 g/mol. The first-order chi connectivity index (χ1) is 14.1. The van der Waals surface area contributed by atoms with Crippen LogP contribution in [0.5, 0.6) is 0 Å². The summed E-state index contributed by atoms with van der Waals surface area (Å²) in [7, 11) is 0. The summed E-state index contributed by atoms with van der Waals surface area (Å²) < 4.78 is 5.48. The van der Waals surface area contributed by atoms with E-state index in [0.717, 1.165) is 61.5 Å². The number of nitrogen functional groups attached to an aromatic ring is 1. The molecule has 2 aromatic rings. The number of hydrogen-bond acceptors (Lipinski definition) is 9. The van der Waals surface area contributed by atoms with Crippen molar-refractivity contribution >= 4 is 23.6 Å². The van der Waals surface area contributed by atoms with E-state index in [1.54, 1.807) is 12.4 Å². The fourth-order valence-electron chi connectivity index (χ4n) is 4.30. The van der Waals surface area contributed by atoms with E-state index in [4.69, 9.17) is 26.2 Å². The van der Waals surface area contributed by atoms with E-state index in [9.17, 15) is 4.79 Å². The first kappa shape index (κ1) is 18.0. The molecule has 1 saturated heterocycles. The van der Waals surface area contributed by atoms with Crippen LogP contribution in [0.2, 0.25) is 0 Å². The average Bonchev–Trinajstić information content (AvgIpc) is 3.11. The van der Waals surface area contributed by atoms with Crippen molar-refractivity contribution in [3.05, 3.63) is 18.0 Å². The number of carbonyl (C=O) groups is 1. The van der Waals surface area contributed by atoms with Gasteiger partial charge in [0.25, 0.3) is 0 Å². The van der Waals surface area contributed by atoms with Crippen LogP contribution in [0.3, 0.4) is 0 Å². The summed E-state index contributed by atoms with van der Waals surface area (Å²) in [5, 5.41) is 0. The number of morpholine rings is 1. The van der Waals surface area contributed by atoms with Crippen molar-refractivity contribution in [2.45, 2.75) is 25.3 Å². The number of aromatic nitrogens is 4. The molecule has 3 aliphatic rings. The molecule has 0 unspecified atom stereocenters. The standard InChI is InChI=1S/C19H24N8O2/c20-16(28)11-7-13(8-11)27-2-1-14-15(12-9-22-18(21)23-10-12)24-19(25-17(14)27)26-3-5-29-6-4-26/h9-11,13H,1-8H2,(H2,20,28)(H2,21,22,23). The lowest BCUT2D eigenvalue weighted by atomic mass is 9.79. The van der Waals surface area contributed by atoms with Gasteiger partial charge in [-0.05, 0) is 19.3 Å². The predicted molar refractivity (Wildman–Crippen MR) is 107 cm³/mol. The minimum atomic E-state index is -0.211. The van der Waals surface area contributed by atoms with Crippen molar-refractivity contribution in [3.63, 3.8) is 0 Å². The maximum absolute atomic E-state index is 11.5. The van der Waals surface area contributed by atoms with Crippen LogP contribution in [0, 0.1) is 5.92 Å². The third kappa shape index (κ3) is 3.23. The van der Waals surface area contributed by atoms with Crippen LogP contribution in [0.25, 0.3) is 11.3 Å². The van der Waals surface area contributed by atoms with Gasteiger partial charge in [0.05, 0.1) is 18.9 Å². The Labute approximate surface area is 168 Å². The van der Waals surface area contributed by atoms with Crippen LogP contribution in [-0.2, 0) is 16.0 Å². The Kier molecular flexibility index (Phi) is 4.42. The molecule has 29 heavy (non-hydrogen) atoms. The number of rotatable bonds is 4. The maximum atomic E-state index is 11.5. The largest absolute Gasteiger partial charge is 0.378 e. The van der Waals surface area contributed by atoms with Gasteiger partial charge >= 0.3 is 0 Å². The van der Waals surface area contributed by atoms with Crippen LogP contribution in [-0.4, -0.2) is 64.7 Å². The zero-order chi connectivity index (χ0) is 20.0. The van der Waals surface area contributed by atoms with Gasteiger partial charge in [0.2, 0.25) is 17.8 Å². The fourth-order valence-corrected chi connectivity index (χ4v) is 4.30. The van der Waals surface area contributed by atoms with Crippen LogP contribution >= 0.6 is 0 Å². The predicted octanol–water partition coefficient (Wildman–Crippen LogP) is -0.0212. The van der Waals surface area contributed by atoms with E-state index in [2.05, 4.69) is 19.8 Å². The highest BCUT2D eigenvalue weighted by Gasteiger charge is 2.41. The minimum absolute atomic E-state index is 0.0328. The summed E-state index contributed by atoms with van der Waals surface area (Å²) in [6.45, 7) is 3.68. The van der Waals surface area contributed by atoms with Crippen LogP contribution in [0.4, 0.5) is 17.7 Å². The number of nitrogens with zero attached hydrogens (tertiary/aromatic N) is 6. The van der Waals surface area contributed by atoms with Crippen LogP contribution < -0.4 is 21.3 Å². The first-order valence-electron chi connectivity index (χ1n) is 9.97. The molecule has 2 fully saturated rings. The number of amides is 1. The van der Waals surface area contributed by atoms with E-state index < -0.39 is 0 Å². The molecular formula is C19H24N8O2. The molecule has 0 aromatic carbocycles. The quantitative estimate of drug-likeness (QED) is 0.730. The molecule has 152 valence electrons. The van der Waals surface area contributed by atoms with Gasteiger partial charge in [0.15, 0.2) is 0 Å². The Bertz CT molecular complexity index is 923. The maximum Gasteiger partial charge on any atom is 0.228 e. The lowest BCUT2D eigenvalue weighted by Crippen LogP contribution is -2.48. The van der Waals surface area contributed by atoms with E-state index in [1.807, 2.05) is 0 Å². The molecule has 4 N–H and O–H groups in total. The van der Waals surface area contributed by atoms with Crippen molar-refractivity contribution in [1.29, 1.82) is 0 Å². The summed E-state index contributed by atoms with van der Waals surface area (Å²) in [6.07, 6.45) is 5.83. The monoisotopic (exact) mass is 396 g/mol. The molecule has 10 nitrogen and oxygen atoms in total. The van der Waals surface area contributed by atoms with Crippen LogP contribution in [0.1, 0.15) is 18.4 Å². The van der Waals surface area contributed by atoms with Crippen LogP contribution in [0.15, 0.2) is 12.4 Å². The molecule has 5 rings (SSSR count). The number of fused-ring (bicyclic) bond motifs is 1. The van der Waals surface area contributed by atoms with E-state index in [-0.39, 0.29) is 23.8 Å². The van der Waals surface area contributed by atoms with Crippen molar-refractivity contribution in [2.75, 3.05) is 48.4 Å². The van der Waals surface area contributed by atoms with Crippen molar-refractivity contribution in [2.24, 2.45) is 11.7 Å². The van der Waals surface area contributed by atoms with E-state index in [1.165, 1.54) is 0 Å². The Morgan fingerprint density at radius 2 is 1.83 bits per heavy atom. The van der Waals surface area contributed by atoms with E-state index >= 15 is 0 Å². The Balaban J connectivity index is 1.53. The molecule has 1 saturated carbocycles. The van der Waals surface area contributed by atoms with Crippen molar-refractivity contribution < 1.29 is 9.53 Å². The molecule has 0 atom stereocenters. The Morgan fingerprint density at radius 1 is 1.10 bits per heavy atom. The number of ether oxygens (including phenoxy) is 1. The SMILES string of the molecule is NC(=O)C1CC(N2CCc3c(-c4cnc(N)nc4)nc(N4CCOCC4)nc32)C1. The number of nitrogens with two attached hydrogens (primary N) is 2. The Morgan fingerprint density at radius 3 is 2.52 bits per heavy atom. The second-order valence-electron chi connectivity index (χ2n) is 7.77. The molecule has 2 aromatic heterocycles. The molecule has 1 aliphatic carbocycles. The fraction of sp³-hybridized carbons (Fsp3) is 0.526. The smallest absolute Gasteiger partial charge is 0.228 e. The summed E-state index contributed by atoms with van der Waals surface area (Å²) in [5.74, 6) is 1.63. The lowest BCUT2D eigenvalue weighted by Gasteiger charge is -2.40. The van der Waals surface area contributed by atoms with Gasteiger partial charge in [0, 0.05) is 55.1 Å². The van der Waals surface area contributed by atoms with Gasteiger partial charge < -0.3 is 26.0 Å². The summed E-state index contributed by atoms with van der Waals surface area (Å²) in [4.78, 5) is 34.0. The van der Waals surface area contributed by atoms with Gasteiger partial charge in [-0.3, -0.25) is 4.79 Å². The molecule has 0 radical (unpaired) electrons.